The summed E-state index contributed by atoms with van der Waals surface area (Å²) < 4.78 is 31.6. The Kier molecular flexibility index (Phi) is 7.90. The first-order valence-electron chi connectivity index (χ1n) is 10.7. The lowest BCUT2D eigenvalue weighted by Crippen LogP contribution is -2.35. The van der Waals surface area contributed by atoms with Crippen molar-refractivity contribution in [1.82, 2.24) is 4.90 Å². The normalized spacial score (nSPS) is 19.5. The summed E-state index contributed by atoms with van der Waals surface area (Å²) in [5.41, 5.74) is 1.09. The first-order valence-corrected chi connectivity index (χ1v) is 12.3. The van der Waals surface area contributed by atoms with Crippen molar-refractivity contribution in [3.63, 3.8) is 0 Å². The zero-order chi connectivity index (χ0) is 23.4. The maximum absolute atomic E-state index is 14.0. The fraction of sp³-hybridized carbons (Fsp3) is 0.333. The molecular formula is C24H23ClFNO4S2. The van der Waals surface area contributed by atoms with Crippen LogP contribution in [0.3, 0.4) is 0 Å². The van der Waals surface area contributed by atoms with Crippen LogP contribution in [0.5, 0.6) is 11.5 Å². The summed E-state index contributed by atoms with van der Waals surface area (Å²) in [5.74, 6) is 0.245. The van der Waals surface area contributed by atoms with E-state index >= 15 is 0 Å². The molecule has 2 heterocycles. The second-order valence-electron chi connectivity index (χ2n) is 7.57. The largest absolute Gasteiger partial charge is 0.490 e. The molecule has 33 heavy (non-hydrogen) atoms. The molecule has 1 atom stereocenters. The molecular weight excluding hydrogens is 485 g/mol. The van der Waals surface area contributed by atoms with Gasteiger partial charge in [0.1, 0.15) is 16.7 Å². The van der Waals surface area contributed by atoms with Gasteiger partial charge in [0.05, 0.1) is 29.2 Å². The molecule has 5 nitrogen and oxygen atoms in total. The van der Waals surface area contributed by atoms with Gasteiger partial charge in [0, 0.05) is 12.2 Å². The second kappa shape index (κ2) is 10.9. The summed E-state index contributed by atoms with van der Waals surface area (Å²) in [7, 11) is 0. The van der Waals surface area contributed by atoms with Crippen LogP contribution in [0, 0.1) is 5.82 Å². The molecule has 0 unspecified atom stereocenters. The molecule has 2 aliphatic rings. The molecule has 2 fully saturated rings. The Morgan fingerprint density at radius 2 is 2.15 bits per heavy atom. The Balaban J connectivity index is 1.54. The smallest absolute Gasteiger partial charge is 0.266 e. The molecule has 4 rings (SSSR count). The second-order valence-corrected chi connectivity index (χ2v) is 9.65. The first kappa shape index (κ1) is 24.0. The molecule has 174 valence electrons. The summed E-state index contributed by atoms with van der Waals surface area (Å²) in [6.45, 7) is 3.43. The number of thioether (sulfide) groups is 1. The maximum atomic E-state index is 14.0. The molecule has 0 bridgehead atoms. The first-order chi connectivity index (χ1) is 16.0. The number of halogens is 2. The van der Waals surface area contributed by atoms with Gasteiger partial charge in [0.25, 0.3) is 5.91 Å². The van der Waals surface area contributed by atoms with Gasteiger partial charge >= 0.3 is 0 Å². The molecule has 0 saturated carbocycles. The average molecular weight is 508 g/mol. The summed E-state index contributed by atoms with van der Waals surface area (Å²) >= 11 is 13.2. The standard InChI is InChI=1S/C24H23ClFNO4S2/c1-2-29-20-11-15(10-18(25)22(20)31-14-16-6-3-4-8-19(16)26)12-21-23(28)27(24(32)33-21)13-17-7-5-9-30-17/h3-4,6,8,10-12,17H,2,5,7,9,13-14H2,1H3/b21-12-/t17-/m0/s1. The van der Waals surface area contributed by atoms with Crippen molar-refractivity contribution < 1.29 is 23.4 Å². The molecule has 0 N–H and O–H groups in total. The number of rotatable bonds is 8. The minimum absolute atomic E-state index is 0.00765. The van der Waals surface area contributed by atoms with Gasteiger partial charge in [-0.05, 0) is 49.6 Å². The molecule has 0 aromatic heterocycles. The Morgan fingerprint density at radius 1 is 1.33 bits per heavy atom. The number of benzene rings is 2. The zero-order valence-electron chi connectivity index (χ0n) is 18.0. The third kappa shape index (κ3) is 5.69. The fourth-order valence-electron chi connectivity index (χ4n) is 3.64. The highest BCUT2D eigenvalue weighted by Gasteiger charge is 2.34. The van der Waals surface area contributed by atoms with E-state index in [1.54, 1.807) is 41.3 Å². The fourth-order valence-corrected chi connectivity index (χ4v) is 5.19. The predicted octanol–water partition coefficient (Wildman–Crippen LogP) is 5.84. The minimum atomic E-state index is -0.353. The number of amides is 1. The molecule has 1 amide bonds. The van der Waals surface area contributed by atoms with Crippen LogP contribution in [0.25, 0.3) is 6.08 Å². The van der Waals surface area contributed by atoms with Crippen LogP contribution in [0.2, 0.25) is 5.02 Å². The van der Waals surface area contributed by atoms with Crippen LogP contribution in [0.1, 0.15) is 30.9 Å². The average Bonchev–Trinajstić information content (AvgIpc) is 3.39. The Labute approximate surface area is 206 Å². The SMILES string of the molecule is CCOc1cc(/C=C2\SC(=S)N(C[C@@H]3CCCO3)C2=O)cc(Cl)c1OCc1ccccc1F. The maximum Gasteiger partial charge on any atom is 0.266 e. The topological polar surface area (TPSA) is 48.0 Å². The Morgan fingerprint density at radius 3 is 2.88 bits per heavy atom. The van der Waals surface area contributed by atoms with E-state index in [9.17, 15) is 9.18 Å². The van der Waals surface area contributed by atoms with Crippen molar-refractivity contribution in [2.24, 2.45) is 0 Å². The summed E-state index contributed by atoms with van der Waals surface area (Å²) in [6.07, 6.45) is 3.69. The molecule has 0 spiro atoms. The highest BCUT2D eigenvalue weighted by atomic mass is 35.5. The quantitative estimate of drug-likeness (QED) is 0.330. The molecule has 9 heteroatoms. The van der Waals surface area contributed by atoms with E-state index in [1.807, 2.05) is 6.92 Å². The Bertz CT molecular complexity index is 1090. The molecule has 0 radical (unpaired) electrons. The van der Waals surface area contributed by atoms with E-state index in [2.05, 4.69) is 0 Å². The monoisotopic (exact) mass is 507 g/mol. The third-order valence-electron chi connectivity index (χ3n) is 5.24. The summed E-state index contributed by atoms with van der Waals surface area (Å²) in [5, 5.41) is 0.304. The van der Waals surface area contributed by atoms with E-state index in [1.165, 1.54) is 17.8 Å². The number of thiocarbonyl (C=S) groups is 1. The molecule has 2 aromatic rings. The van der Waals surface area contributed by atoms with Crippen LogP contribution < -0.4 is 9.47 Å². The van der Waals surface area contributed by atoms with Crippen molar-refractivity contribution >= 4 is 51.9 Å². The lowest BCUT2D eigenvalue weighted by Gasteiger charge is -2.18. The number of hydrogen-bond acceptors (Lipinski definition) is 6. The lowest BCUT2D eigenvalue weighted by molar-refractivity contribution is -0.123. The number of carbonyl (C=O) groups excluding carboxylic acids is 1. The number of ether oxygens (including phenoxy) is 3. The molecule has 2 aromatic carbocycles. The van der Waals surface area contributed by atoms with Gasteiger partial charge in [-0.2, -0.15) is 0 Å². The van der Waals surface area contributed by atoms with Crippen molar-refractivity contribution in [1.29, 1.82) is 0 Å². The van der Waals surface area contributed by atoms with Gasteiger partial charge in [-0.25, -0.2) is 4.39 Å². The van der Waals surface area contributed by atoms with Crippen molar-refractivity contribution in [2.75, 3.05) is 19.8 Å². The van der Waals surface area contributed by atoms with Crippen LogP contribution in [-0.2, 0) is 16.1 Å². The van der Waals surface area contributed by atoms with E-state index in [0.29, 0.717) is 50.0 Å². The summed E-state index contributed by atoms with van der Waals surface area (Å²) in [6, 6.07) is 9.82. The van der Waals surface area contributed by atoms with E-state index < -0.39 is 0 Å². The number of nitrogens with zero attached hydrogens (tertiary/aromatic N) is 1. The highest BCUT2D eigenvalue weighted by Crippen LogP contribution is 2.40. The minimum Gasteiger partial charge on any atom is -0.490 e. The van der Waals surface area contributed by atoms with E-state index in [-0.39, 0.29) is 24.4 Å². The van der Waals surface area contributed by atoms with Crippen molar-refractivity contribution in [3.05, 3.63) is 63.3 Å². The predicted molar refractivity (Wildman–Crippen MR) is 132 cm³/mol. The van der Waals surface area contributed by atoms with Crippen LogP contribution >= 0.6 is 35.6 Å². The van der Waals surface area contributed by atoms with E-state index in [4.69, 9.17) is 38.0 Å². The van der Waals surface area contributed by atoms with E-state index in [0.717, 1.165) is 19.4 Å². The highest BCUT2D eigenvalue weighted by molar-refractivity contribution is 8.26. The molecule has 2 aliphatic heterocycles. The van der Waals surface area contributed by atoms with Gasteiger partial charge < -0.3 is 14.2 Å². The molecule has 2 saturated heterocycles. The zero-order valence-corrected chi connectivity index (χ0v) is 20.4. The van der Waals surface area contributed by atoms with Crippen LogP contribution in [0.15, 0.2) is 41.3 Å². The number of carbonyl (C=O) groups is 1. The lowest BCUT2D eigenvalue weighted by atomic mass is 10.1. The van der Waals surface area contributed by atoms with Crippen molar-refractivity contribution in [3.8, 4) is 11.5 Å². The summed E-state index contributed by atoms with van der Waals surface area (Å²) in [4.78, 5) is 15.0. The Hall–Kier alpha value is -2.13. The van der Waals surface area contributed by atoms with Crippen molar-refractivity contribution in [2.45, 2.75) is 32.5 Å². The number of hydrogen-bond donors (Lipinski definition) is 0. The van der Waals surface area contributed by atoms with Crippen LogP contribution in [-0.4, -0.2) is 41.0 Å². The van der Waals surface area contributed by atoms with Crippen LogP contribution in [0.4, 0.5) is 4.39 Å². The molecule has 0 aliphatic carbocycles. The van der Waals surface area contributed by atoms with Gasteiger partial charge in [-0.3, -0.25) is 9.69 Å². The van der Waals surface area contributed by atoms with Gasteiger partial charge in [0.15, 0.2) is 11.5 Å². The van der Waals surface area contributed by atoms with Gasteiger partial charge in [0.2, 0.25) is 0 Å². The van der Waals surface area contributed by atoms with Gasteiger partial charge in [-0.1, -0.05) is 53.8 Å². The third-order valence-corrected chi connectivity index (χ3v) is 6.90. The van der Waals surface area contributed by atoms with Gasteiger partial charge in [-0.15, -0.1) is 0 Å².